The molecule has 28 heavy (non-hydrogen) atoms. The Morgan fingerprint density at radius 2 is 2.04 bits per heavy atom. The lowest BCUT2D eigenvalue weighted by atomic mass is 9.97. The minimum Gasteiger partial charge on any atom is -0.461 e. The van der Waals surface area contributed by atoms with Gasteiger partial charge in [-0.15, -0.1) is 0 Å². The summed E-state index contributed by atoms with van der Waals surface area (Å²) in [5.74, 6) is 1.77. The van der Waals surface area contributed by atoms with Gasteiger partial charge in [-0.1, -0.05) is 25.9 Å². The number of aryl methyl sites for hydroxylation is 1. The van der Waals surface area contributed by atoms with Crippen LogP contribution in [0.1, 0.15) is 39.0 Å². The highest BCUT2D eigenvalue weighted by Crippen LogP contribution is 2.27. The number of fused-ring (bicyclic) bond motifs is 1. The Balaban J connectivity index is 1.38. The predicted octanol–water partition coefficient (Wildman–Crippen LogP) is 4.34. The highest BCUT2D eigenvalue weighted by molar-refractivity contribution is 5.92. The predicted molar refractivity (Wildman–Crippen MR) is 102 cm³/mol. The van der Waals surface area contributed by atoms with Crippen molar-refractivity contribution in [3.8, 4) is 11.6 Å². The third kappa shape index (κ3) is 3.80. The molecule has 0 aliphatic rings. The lowest BCUT2D eigenvalue weighted by Gasteiger charge is -2.11. The molecule has 0 saturated heterocycles. The maximum atomic E-state index is 12.3. The van der Waals surface area contributed by atoms with Gasteiger partial charge in [0.15, 0.2) is 11.3 Å². The molecule has 1 aromatic carbocycles. The van der Waals surface area contributed by atoms with Crippen LogP contribution in [0, 0.1) is 0 Å². The number of hydrogen-bond acceptors (Lipinski definition) is 7. The quantitative estimate of drug-likeness (QED) is 0.549. The molecule has 8 heteroatoms. The monoisotopic (exact) mass is 380 g/mol. The van der Waals surface area contributed by atoms with Crippen LogP contribution in [-0.4, -0.2) is 21.0 Å². The summed E-state index contributed by atoms with van der Waals surface area (Å²) in [6.45, 7) is 6.11. The van der Waals surface area contributed by atoms with Crippen molar-refractivity contribution in [2.45, 2.75) is 39.0 Å². The molecule has 0 bridgehead atoms. The van der Waals surface area contributed by atoms with Gasteiger partial charge in [-0.2, -0.15) is 4.98 Å². The summed E-state index contributed by atoms with van der Waals surface area (Å²) in [4.78, 5) is 21.0. The number of oxazole rings is 1. The van der Waals surface area contributed by atoms with E-state index in [-0.39, 0.29) is 17.7 Å². The Bertz CT molecular complexity index is 1100. The smallest absolute Gasteiger partial charge is 0.238 e. The van der Waals surface area contributed by atoms with Crippen molar-refractivity contribution in [2.75, 3.05) is 5.32 Å². The number of nitrogens with zero attached hydrogens (tertiary/aromatic N) is 3. The lowest BCUT2D eigenvalue weighted by molar-refractivity contribution is -0.116. The normalized spacial score (nSPS) is 11.8. The zero-order chi connectivity index (χ0) is 19.7. The summed E-state index contributed by atoms with van der Waals surface area (Å²) >= 11 is 0. The second-order valence-corrected chi connectivity index (χ2v) is 7.49. The second-order valence-electron chi connectivity index (χ2n) is 7.49. The average molecular weight is 380 g/mol. The van der Waals surface area contributed by atoms with Gasteiger partial charge in [-0.05, 0) is 30.3 Å². The van der Waals surface area contributed by atoms with Crippen molar-refractivity contribution in [1.82, 2.24) is 15.1 Å². The number of rotatable bonds is 5. The number of aromatic nitrogens is 3. The molecule has 0 aliphatic heterocycles. The van der Waals surface area contributed by atoms with Crippen LogP contribution in [0.4, 0.5) is 5.69 Å². The second kappa shape index (κ2) is 6.95. The molecule has 4 aromatic rings. The largest absolute Gasteiger partial charge is 0.461 e. The molecule has 144 valence electrons. The third-order valence-corrected chi connectivity index (χ3v) is 4.09. The number of benzene rings is 1. The highest BCUT2D eigenvalue weighted by Gasteiger charge is 2.21. The number of carbonyl (C=O) groups excluding carboxylic acids is 1. The van der Waals surface area contributed by atoms with E-state index in [1.54, 1.807) is 30.3 Å². The van der Waals surface area contributed by atoms with E-state index in [2.05, 4.69) is 20.4 Å². The molecule has 3 aromatic heterocycles. The van der Waals surface area contributed by atoms with Crippen molar-refractivity contribution in [1.29, 1.82) is 0 Å². The summed E-state index contributed by atoms with van der Waals surface area (Å²) in [5.41, 5.74) is 1.89. The summed E-state index contributed by atoms with van der Waals surface area (Å²) in [7, 11) is 0. The van der Waals surface area contributed by atoms with Gasteiger partial charge in [0.05, 0.1) is 6.26 Å². The van der Waals surface area contributed by atoms with Crippen LogP contribution in [0.3, 0.4) is 0 Å². The Morgan fingerprint density at radius 1 is 1.18 bits per heavy atom. The Labute approximate surface area is 160 Å². The van der Waals surface area contributed by atoms with Gasteiger partial charge < -0.3 is 18.7 Å². The van der Waals surface area contributed by atoms with Gasteiger partial charge in [0.2, 0.25) is 23.5 Å². The number of nitrogens with one attached hydrogen (secondary N) is 1. The van der Waals surface area contributed by atoms with Gasteiger partial charge in [-0.25, -0.2) is 4.98 Å². The highest BCUT2D eigenvalue weighted by atomic mass is 16.5. The van der Waals surface area contributed by atoms with Crippen molar-refractivity contribution in [3.63, 3.8) is 0 Å². The van der Waals surface area contributed by atoms with Crippen molar-refractivity contribution in [2.24, 2.45) is 0 Å². The Morgan fingerprint density at radius 3 is 2.79 bits per heavy atom. The first-order valence-electron chi connectivity index (χ1n) is 8.96. The minimum absolute atomic E-state index is 0.156. The topological polar surface area (TPSA) is 107 Å². The fraction of sp³-hybridized carbons (Fsp3) is 0.300. The summed E-state index contributed by atoms with van der Waals surface area (Å²) in [6, 6.07) is 8.88. The van der Waals surface area contributed by atoms with Gasteiger partial charge >= 0.3 is 0 Å². The zero-order valence-electron chi connectivity index (χ0n) is 15.9. The molecule has 1 N–H and O–H groups in total. The lowest BCUT2D eigenvalue weighted by Crippen LogP contribution is -2.12. The van der Waals surface area contributed by atoms with Gasteiger partial charge in [0.25, 0.3) is 0 Å². The van der Waals surface area contributed by atoms with E-state index in [1.165, 1.54) is 6.26 Å². The number of carbonyl (C=O) groups is 1. The molecule has 0 saturated carbocycles. The summed E-state index contributed by atoms with van der Waals surface area (Å²) < 4.78 is 16.1. The van der Waals surface area contributed by atoms with Crippen molar-refractivity contribution in [3.05, 3.63) is 48.4 Å². The molecule has 0 radical (unpaired) electrons. The molecular formula is C20H20N4O4. The molecule has 3 heterocycles. The van der Waals surface area contributed by atoms with Crippen LogP contribution in [-0.2, 0) is 16.6 Å². The maximum absolute atomic E-state index is 12.3. The Kier molecular flexibility index (Phi) is 4.46. The van der Waals surface area contributed by atoms with Gasteiger partial charge in [0.1, 0.15) is 5.52 Å². The van der Waals surface area contributed by atoms with E-state index in [4.69, 9.17) is 13.4 Å². The third-order valence-electron chi connectivity index (χ3n) is 4.09. The fourth-order valence-corrected chi connectivity index (χ4v) is 2.63. The number of furan rings is 1. The minimum atomic E-state index is -0.180. The number of amides is 1. The van der Waals surface area contributed by atoms with Crippen LogP contribution < -0.4 is 5.32 Å². The molecule has 0 aliphatic carbocycles. The van der Waals surface area contributed by atoms with Gasteiger partial charge in [0, 0.05) is 23.9 Å². The van der Waals surface area contributed by atoms with Crippen LogP contribution in [0.5, 0.6) is 0 Å². The molecule has 0 fully saturated rings. The number of hydrogen-bond donors (Lipinski definition) is 1. The molecule has 4 rings (SSSR count). The van der Waals surface area contributed by atoms with Crippen LogP contribution in [0.25, 0.3) is 22.7 Å². The summed E-state index contributed by atoms with van der Waals surface area (Å²) in [6.07, 6.45) is 2.08. The average Bonchev–Trinajstić information content (AvgIpc) is 3.37. The van der Waals surface area contributed by atoms with Gasteiger partial charge in [-0.3, -0.25) is 4.79 Å². The SMILES string of the molecule is CC(C)(C)c1nc2cc(NC(=O)CCc3nc(-c4ccco4)no3)ccc2o1. The van der Waals surface area contributed by atoms with E-state index < -0.39 is 0 Å². The maximum Gasteiger partial charge on any atom is 0.238 e. The van der Waals surface area contributed by atoms with E-state index in [1.807, 2.05) is 20.8 Å². The Hall–Kier alpha value is -3.42. The zero-order valence-corrected chi connectivity index (χ0v) is 15.9. The van der Waals surface area contributed by atoms with E-state index in [9.17, 15) is 4.79 Å². The molecule has 1 amide bonds. The number of anilines is 1. The molecular weight excluding hydrogens is 360 g/mol. The van der Waals surface area contributed by atoms with E-state index in [0.717, 1.165) is 0 Å². The van der Waals surface area contributed by atoms with Crippen LogP contribution in [0.15, 0.2) is 50.0 Å². The van der Waals surface area contributed by atoms with E-state index >= 15 is 0 Å². The first kappa shape index (κ1) is 18.0. The standard InChI is InChI=1S/C20H20N4O4/c1-20(2,3)19-22-13-11-12(6-7-14(13)27-19)21-16(25)8-9-17-23-18(24-28-17)15-5-4-10-26-15/h4-7,10-11H,8-9H2,1-3H3,(H,21,25). The molecule has 0 atom stereocenters. The van der Waals surface area contributed by atoms with Crippen molar-refractivity contribution >= 4 is 22.7 Å². The molecule has 0 unspecified atom stereocenters. The van der Waals surface area contributed by atoms with Crippen molar-refractivity contribution < 1.29 is 18.2 Å². The van der Waals surface area contributed by atoms with Crippen LogP contribution in [0.2, 0.25) is 0 Å². The fourth-order valence-electron chi connectivity index (χ4n) is 2.63. The van der Waals surface area contributed by atoms with Crippen LogP contribution >= 0.6 is 0 Å². The van der Waals surface area contributed by atoms with E-state index in [0.29, 0.717) is 46.6 Å². The summed E-state index contributed by atoms with van der Waals surface area (Å²) in [5, 5.41) is 6.70. The molecule has 0 spiro atoms. The first-order chi connectivity index (χ1) is 13.4. The molecule has 8 nitrogen and oxygen atoms in total. The first-order valence-corrected chi connectivity index (χ1v) is 8.96.